The van der Waals surface area contributed by atoms with Gasteiger partial charge in [0, 0.05) is 27.2 Å². The molecule has 2 atom stereocenters. The van der Waals surface area contributed by atoms with Crippen LogP contribution in [0.15, 0.2) is 42.5 Å². The van der Waals surface area contributed by atoms with Gasteiger partial charge >= 0.3 is 0 Å². The molecule has 0 amide bonds. The number of pyridine rings is 1. The molecule has 1 N–H and O–H groups in total. The van der Waals surface area contributed by atoms with Gasteiger partial charge in [-0.05, 0) is 86.0 Å². The van der Waals surface area contributed by atoms with Crippen molar-refractivity contribution in [1.82, 2.24) is 10.3 Å². The van der Waals surface area contributed by atoms with Crippen LogP contribution in [-0.4, -0.2) is 30.8 Å². The van der Waals surface area contributed by atoms with Gasteiger partial charge in [0.15, 0.2) is 11.5 Å². The fourth-order valence-electron chi connectivity index (χ4n) is 4.93. The van der Waals surface area contributed by atoms with Crippen LogP contribution in [-0.2, 0) is 12.8 Å². The maximum absolute atomic E-state index is 13.6. The topological polar surface area (TPSA) is 43.4 Å². The summed E-state index contributed by atoms with van der Waals surface area (Å²) in [5, 5.41) is 5.84. The average molecular weight is 449 g/mol. The molecule has 32 heavy (non-hydrogen) atoms. The van der Waals surface area contributed by atoms with E-state index in [-0.39, 0.29) is 11.9 Å². The summed E-state index contributed by atoms with van der Waals surface area (Å²) < 4.78 is 27.0. The van der Waals surface area contributed by atoms with Crippen molar-refractivity contribution in [3.8, 4) is 11.5 Å². The van der Waals surface area contributed by atoms with E-state index in [1.165, 1.54) is 15.8 Å². The van der Waals surface area contributed by atoms with Crippen molar-refractivity contribution in [2.45, 2.75) is 32.3 Å². The number of nitrogens with one attached hydrogen (secondary N) is 1. The fraction of sp³-hybridized carbons (Fsp3) is 0.346. The Hall–Kier alpha value is -2.70. The maximum atomic E-state index is 13.6. The molecule has 1 aliphatic carbocycles. The van der Waals surface area contributed by atoms with E-state index in [1.807, 2.05) is 31.2 Å². The van der Waals surface area contributed by atoms with Crippen LogP contribution in [0.2, 0.25) is 0 Å². The minimum Gasteiger partial charge on any atom is -0.486 e. The molecule has 0 bridgehead atoms. The lowest BCUT2D eigenvalue weighted by atomic mass is 9.87. The molecule has 0 radical (unpaired) electrons. The quantitative estimate of drug-likeness (QED) is 0.452. The largest absolute Gasteiger partial charge is 0.486 e. The number of halogens is 1. The second kappa shape index (κ2) is 8.01. The van der Waals surface area contributed by atoms with Gasteiger partial charge in [0.2, 0.25) is 0 Å². The van der Waals surface area contributed by atoms with Crippen LogP contribution in [0.4, 0.5) is 4.39 Å². The number of ether oxygens (including phenoxy) is 2. The molecule has 0 unspecified atom stereocenters. The number of fused-ring (bicyclic) bond motifs is 6. The van der Waals surface area contributed by atoms with Crippen LogP contribution in [0.3, 0.4) is 0 Å². The Balaban J connectivity index is 1.10. The van der Waals surface area contributed by atoms with E-state index in [2.05, 4.69) is 16.4 Å². The Bertz CT molecular complexity index is 1320. The minimum atomic E-state index is -0.149. The summed E-state index contributed by atoms with van der Waals surface area (Å²) >= 11 is 1.76. The molecule has 2 aromatic heterocycles. The van der Waals surface area contributed by atoms with Gasteiger partial charge in [-0.1, -0.05) is 6.07 Å². The predicted molar refractivity (Wildman–Crippen MR) is 127 cm³/mol. The highest BCUT2D eigenvalue weighted by atomic mass is 32.1. The second-order valence-corrected chi connectivity index (χ2v) is 10.0. The van der Waals surface area contributed by atoms with Crippen molar-refractivity contribution in [2.75, 3.05) is 19.7 Å². The lowest BCUT2D eigenvalue weighted by molar-refractivity contribution is 0.0915. The summed E-state index contributed by atoms with van der Waals surface area (Å²) in [5.41, 5.74) is 3.34. The Morgan fingerprint density at radius 1 is 1.12 bits per heavy atom. The molecular weight excluding hydrogens is 423 g/mol. The van der Waals surface area contributed by atoms with E-state index in [9.17, 15) is 4.39 Å². The highest BCUT2D eigenvalue weighted by Gasteiger charge is 2.25. The number of hydrogen-bond donors (Lipinski definition) is 1. The molecule has 2 aromatic carbocycles. The third kappa shape index (κ3) is 3.61. The summed E-state index contributed by atoms with van der Waals surface area (Å²) in [5.74, 6) is 2.02. The molecule has 0 fully saturated rings. The van der Waals surface area contributed by atoms with Gasteiger partial charge in [-0.3, -0.25) is 4.98 Å². The monoisotopic (exact) mass is 448 g/mol. The van der Waals surface area contributed by atoms with E-state index in [0.29, 0.717) is 12.5 Å². The molecule has 2 aliphatic rings. The fourth-order valence-corrected chi connectivity index (χ4v) is 6.20. The number of nitrogens with zero attached hydrogens (tertiary/aromatic N) is 1. The molecule has 6 rings (SSSR count). The van der Waals surface area contributed by atoms with Crippen LogP contribution in [0.25, 0.3) is 21.0 Å². The number of benzene rings is 2. The highest BCUT2D eigenvalue weighted by molar-refractivity contribution is 7.19. The Labute approximate surface area is 190 Å². The minimum absolute atomic E-state index is 0.0292. The van der Waals surface area contributed by atoms with Gasteiger partial charge in [0.25, 0.3) is 0 Å². The van der Waals surface area contributed by atoms with Gasteiger partial charge in [0.1, 0.15) is 18.5 Å². The zero-order valence-electron chi connectivity index (χ0n) is 18.0. The number of thiophene rings is 1. The van der Waals surface area contributed by atoms with E-state index < -0.39 is 0 Å². The molecule has 164 valence electrons. The van der Waals surface area contributed by atoms with E-state index in [1.54, 1.807) is 23.5 Å². The molecule has 4 nitrogen and oxygen atoms in total. The van der Waals surface area contributed by atoms with Gasteiger partial charge in [0.05, 0.1) is 5.52 Å². The smallest absolute Gasteiger partial charge is 0.171 e. The summed E-state index contributed by atoms with van der Waals surface area (Å²) in [6, 6.07) is 13.2. The van der Waals surface area contributed by atoms with Crippen molar-refractivity contribution >= 4 is 32.3 Å². The first-order chi connectivity index (χ1) is 15.6. The van der Waals surface area contributed by atoms with Crippen LogP contribution < -0.4 is 14.8 Å². The predicted octanol–water partition coefficient (Wildman–Crippen LogP) is 5.43. The van der Waals surface area contributed by atoms with Crippen LogP contribution in [0, 0.1) is 18.7 Å². The SMILES string of the molecule is Cc1ccc2c3c(ccc2n1)OC[C@H](CNC[C@@H]1CCc2sc4cc(F)ccc4c2C1)O3. The summed E-state index contributed by atoms with van der Waals surface area (Å²) in [6.07, 6.45) is 3.26. The molecule has 0 spiro atoms. The molecule has 3 heterocycles. The third-order valence-corrected chi connectivity index (χ3v) is 7.80. The second-order valence-electron chi connectivity index (χ2n) is 8.87. The highest BCUT2D eigenvalue weighted by Crippen LogP contribution is 2.39. The van der Waals surface area contributed by atoms with Gasteiger partial charge in [-0.25, -0.2) is 4.39 Å². The zero-order chi connectivity index (χ0) is 21.7. The van der Waals surface area contributed by atoms with E-state index >= 15 is 0 Å². The number of hydrogen-bond acceptors (Lipinski definition) is 5. The Morgan fingerprint density at radius 2 is 2.03 bits per heavy atom. The first kappa shape index (κ1) is 19.9. The molecule has 1 aliphatic heterocycles. The van der Waals surface area contributed by atoms with Gasteiger partial charge in [-0.15, -0.1) is 11.3 Å². The van der Waals surface area contributed by atoms with Crippen LogP contribution in [0.5, 0.6) is 11.5 Å². The first-order valence-corrected chi connectivity index (χ1v) is 12.1. The lowest BCUT2D eigenvalue weighted by Gasteiger charge is -2.29. The van der Waals surface area contributed by atoms with Crippen molar-refractivity contribution < 1.29 is 13.9 Å². The zero-order valence-corrected chi connectivity index (χ0v) is 18.8. The molecule has 4 aromatic rings. The standard InChI is InChI=1S/C26H25FN2O2S/c1-15-2-5-20-22(29-15)7-8-23-26(20)31-18(14-30-23)13-28-12-16-3-9-24-21(10-16)19-6-4-17(27)11-25(19)32-24/h2,4-8,11,16,18,28H,3,9-10,12-14H2,1H3/t16-,18+/m1/s1. The van der Waals surface area contributed by atoms with Crippen molar-refractivity contribution in [2.24, 2.45) is 5.92 Å². The lowest BCUT2D eigenvalue weighted by Crippen LogP contribution is -2.40. The van der Waals surface area contributed by atoms with Gasteiger partial charge < -0.3 is 14.8 Å². The third-order valence-electron chi connectivity index (χ3n) is 6.55. The maximum Gasteiger partial charge on any atom is 0.171 e. The van der Waals surface area contributed by atoms with Crippen LogP contribution >= 0.6 is 11.3 Å². The first-order valence-electron chi connectivity index (χ1n) is 11.2. The average Bonchev–Trinajstić information content (AvgIpc) is 3.15. The molecule has 0 saturated carbocycles. The summed E-state index contributed by atoms with van der Waals surface area (Å²) in [6.45, 7) is 4.23. The molecule has 0 saturated heterocycles. The Morgan fingerprint density at radius 3 is 2.97 bits per heavy atom. The molecular formula is C26H25FN2O2S. The van der Waals surface area contributed by atoms with Crippen molar-refractivity contribution in [3.63, 3.8) is 0 Å². The normalized spacial score (nSPS) is 19.9. The van der Waals surface area contributed by atoms with Crippen LogP contribution in [0.1, 0.15) is 22.6 Å². The van der Waals surface area contributed by atoms with E-state index in [4.69, 9.17) is 9.47 Å². The van der Waals surface area contributed by atoms with Crippen molar-refractivity contribution in [3.05, 3.63) is 64.4 Å². The van der Waals surface area contributed by atoms with E-state index in [0.717, 1.165) is 65.1 Å². The number of rotatable bonds is 4. The summed E-state index contributed by atoms with van der Waals surface area (Å²) in [4.78, 5) is 6.03. The molecule has 6 heteroatoms. The Kier molecular flexibility index (Phi) is 5.00. The van der Waals surface area contributed by atoms with Crippen molar-refractivity contribution in [1.29, 1.82) is 0 Å². The van der Waals surface area contributed by atoms with Gasteiger partial charge in [-0.2, -0.15) is 0 Å². The summed E-state index contributed by atoms with van der Waals surface area (Å²) in [7, 11) is 0. The number of aryl methyl sites for hydroxylation is 2. The number of aromatic nitrogens is 1.